The number of halogens is 3. The van der Waals surface area contributed by atoms with Gasteiger partial charge in [-0.1, -0.05) is 0 Å². The Hall–Kier alpha value is -3.37. The number of anilines is 1. The summed E-state index contributed by atoms with van der Waals surface area (Å²) in [5.74, 6) is -2.34. The van der Waals surface area contributed by atoms with E-state index in [9.17, 15) is 31.7 Å². The number of alkyl halides is 3. The molecule has 2 aromatic rings. The number of benzene rings is 1. The van der Waals surface area contributed by atoms with Crippen molar-refractivity contribution in [3.8, 4) is 0 Å². The highest BCUT2D eigenvalue weighted by Crippen LogP contribution is 2.45. The monoisotopic (exact) mass is 586 g/mol. The van der Waals surface area contributed by atoms with Crippen LogP contribution in [0.1, 0.15) is 49.9 Å². The van der Waals surface area contributed by atoms with Crippen molar-refractivity contribution in [1.29, 1.82) is 0 Å². The molecule has 0 spiro atoms. The smallest absolute Gasteiger partial charge is 0.475 e. The van der Waals surface area contributed by atoms with Crippen LogP contribution in [0, 0.1) is 17.0 Å². The van der Waals surface area contributed by atoms with E-state index in [0.29, 0.717) is 36.4 Å². The van der Waals surface area contributed by atoms with Gasteiger partial charge in [0.1, 0.15) is 11.5 Å². The number of nitro benzene ring substituents is 1. The summed E-state index contributed by atoms with van der Waals surface area (Å²) in [4.78, 5) is 31.1. The second kappa shape index (κ2) is 10.9. The molecule has 3 N–H and O–H groups in total. The number of nitrogens with zero attached hydrogens (tertiary/aromatic N) is 4. The zero-order valence-corrected chi connectivity index (χ0v) is 22.5. The number of fused-ring (bicyclic) bond motifs is 2. The zero-order chi connectivity index (χ0) is 29.5. The quantitative estimate of drug-likeness (QED) is 0.323. The molecule has 3 heterocycles. The third kappa shape index (κ3) is 6.18. The van der Waals surface area contributed by atoms with Crippen molar-refractivity contribution in [2.24, 2.45) is 0 Å². The predicted molar refractivity (Wildman–Crippen MR) is 136 cm³/mol. The lowest BCUT2D eigenvalue weighted by molar-refractivity contribution is -0.384. The number of hydrogen-bond acceptors (Lipinski definition) is 9. The van der Waals surface area contributed by atoms with Crippen LogP contribution in [0.4, 0.5) is 24.5 Å². The third-order valence-electron chi connectivity index (χ3n) is 7.63. The number of nitrogens with one attached hydrogen (secondary N) is 2. The number of carbonyl (C=O) groups is 1. The lowest BCUT2D eigenvalue weighted by Gasteiger charge is -2.37. The van der Waals surface area contributed by atoms with Gasteiger partial charge in [-0.3, -0.25) is 10.1 Å². The average molecular weight is 587 g/mol. The topological polar surface area (TPSA) is 168 Å². The molecule has 16 heteroatoms. The van der Waals surface area contributed by atoms with Gasteiger partial charge in [-0.2, -0.15) is 17.9 Å². The highest BCUT2D eigenvalue weighted by molar-refractivity contribution is 7.89. The largest absolute Gasteiger partial charge is 0.490 e. The summed E-state index contributed by atoms with van der Waals surface area (Å²) in [5, 5.41) is 22.5. The maximum atomic E-state index is 13.3. The molecule has 3 aliphatic rings. The number of nitro groups is 1. The molecular weight excluding hydrogens is 557 g/mol. The molecule has 2 bridgehead atoms. The fourth-order valence-electron chi connectivity index (χ4n) is 5.43. The van der Waals surface area contributed by atoms with Crippen molar-refractivity contribution >= 4 is 27.4 Å². The van der Waals surface area contributed by atoms with Crippen molar-refractivity contribution in [3.05, 3.63) is 52.1 Å². The first-order chi connectivity index (χ1) is 18.6. The van der Waals surface area contributed by atoms with Crippen LogP contribution in [0.15, 0.2) is 35.5 Å². The summed E-state index contributed by atoms with van der Waals surface area (Å²) < 4.78 is 61.0. The van der Waals surface area contributed by atoms with Crippen molar-refractivity contribution < 1.29 is 36.4 Å². The first kappa shape index (κ1) is 29.6. The van der Waals surface area contributed by atoms with Crippen LogP contribution in [-0.2, 0) is 20.4 Å². The van der Waals surface area contributed by atoms with Gasteiger partial charge in [-0.25, -0.2) is 23.2 Å². The Bertz CT molecular complexity index is 1370. The maximum Gasteiger partial charge on any atom is 0.490 e. The van der Waals surface area contributed by atoms with Gasteiger partial charge in [0.2, 0.25) is 10.0 Å². The van der Waals surface area contributed by atoms with Crippen LogP contribution < -0.4 is 10.0 Å². The fraction of sp³-hybridized carbons (Fsp3) is 0.542. The molecule has 3 fully saturated rings. The molecule has 2 aliphatic heterocycles. The van der Waals surface area contributed by atoms with Crippen LogP contribution >= 0.6 is 0 Å². The van der Waals surface area contributed by atoms with Crippen LogP contribution in [0.25, 0.3) is 0 Å². The average Bonchev–Trinajstić information content (AvgIpc) is 3.61. The molecule has 40 heavy (non-hydrogen) atoms. The zero-order valence-electron chi connectivity index (χ0n) is 21.7. The molecule has 1 saturated carbocycles. The van der Waals surface area contributed by atoms with E-state index in [2.05, 4.69) is 32.0 Å². The Morgan fingerprint density at radius 1 is 1.18 bits per heavy atom. The minimum absolute atomic E-state index is 0.0922. The summed E-state index contributed by atoms with van der Waals surface area (Å²) in [6.07, 6.45) is 3.36. The number of rotatable bonds is 7. The minimum Gasteiger partial charge on any atom is -0.475 e. The van der Waals surface area contributed by atoms with E-state index in [1.54, 1.807) is 18.5 Å². The highest BCUT2D eigenvalue weighted by Gasteiger charge is 2.50. The number of carboxylic acids is 1. The molecule has 0 amide bonds. The summed E-state index contributed by atoms with van der Waals surface area (Å²) in [7, 11) is -1.88. The van der Waals surface area contributed by atoms with E-state index < -0.39 is 32.6 Å². The SMILES string of the molecule is Cc1c(S(=O)(=O)NC2(c3ncccn3)CC2)ccc(NC2CC3CCC(C2)N3C)c1[N+](=O)[O-].O=C(O)C(F)(F)F. The molecule has 12 nitrogen and oxygen atoms in total. The van der Waals surface area contributed by atoms with Gasteiger partial charge in [-0.05, 0) is 70.7 Å². The lowest BCUT2D eigenvalue weighted by atomic mass is 9.97. The van der Waals surface area contributed by atoms with Crippen LogP contribution in [-0.4, -0.2) is 70.6 Å². The Balaban J connectivity index is 0.000000470. The third-order valence-corrected chi connectivity index (χ3v) is 9.31. The summed E-state index contributed by atoms with van der Waals surface area (Å²) in [6, 6.07) is 5.75. The second-order valence-corrected chi connectivity index (χ2v) is 11.9. The maximum absolute atomic E-state index is 13.3. The first-order valence-corrected chi connectivity index (χ1v) is 14.0. The Morgan fingerprint density at radius 2 is 1.73 bits per heavy atom. The van der Waals surface area contributed by atoms with E-state index in [4.69, 9.17) is 9.90 Å². The lowest BCUT2D eigenvalue weighted by Crippen LogP contribution is -2.44. The Morgan fingerprint density at radius 3 is 2.20 bits per heavy atom. The van der Waals surface area contributed by atoms with Crippen LogP contribution in [0.3, 0.4) is 0 Å². The fourth-order valence-corrected chi connectivity index (χ4v) is 7.10. The molecule has 2 unspecified atom stereocenters. The van der Waals surface area contributed by atoms with Gasteiger partial charge in [0, 0.05) is 36.1 Å². The predicted octanol–water partition coefficient (Wildman–Crippen LogP) is 3.33. The molecule has 2 saturated heterocycles. The molecule has 1 aliphatic carbocycles. The van der Waals surface area contributed by atoms with E-state index >= 15 is 0 Å². The molecule has 2 atom stereocenters. The summed E-state index contributed by atoms with van der Waals surface area (Å²) in [6.45, 7) is 1.49. The normalized spacial score (nSPS) is 23.6. The second-order valence-electron chi connectivity index (χ2n) is 10.3. The number of piperidine rings is 1. The number of sulfonamides is 1. The minimum atomic E-state index is -5.08. The van der Waals surface area contributed by atoms with Gasteiger partial charge < -0.3 is 15.3 Å². The van der Waals surface area contributed by atoms with Crippen LogP contribution in [0.2, 0.25) is 0 Å². The summed E-state index contributed by atoms with van der Waals surface area (Å²) in [5.41, 5.74) is -0.549. The number of carboxylic acid groups (broad SMARTS) is 1. The summed E-state index contributed by atoms with van der Waals surface area (Å²) >= 11 is 0. The standard InChI is InChI=1S/C22H28N6O4S.C2HF3O2/c1-14-19(33(31,32)26-22(8-9-22)21-23-10-3-11-24-21)7-6-18(20(14)28(29)30)25-15-12-16-4-5-17(13-15)27(16)2;3-2(4,5)1(6)7/h3,6-7,10-11,15-17,25-26H,4-5,8-9,12-13H2,1-2H3;(H,6,7). The highest BCUT2D eigenvalue weighted by atomic mass is 32.2. The molecule has 5 rings (SSSR count). The van der Waals surface area contributed by atoms with Gasteiger partial charge in [0.25, 0.3) is 5.69 Å². The van der Waals surface area contributed by atoms with Gasteiger partial charge in [0.05, 0.1) is 15.4 Å². The van der Waals surface area contributed by atoms with Gasteiger partial charge in [0.15, 0.2) is 0 Å². The van der Waals surface area contributed by atoms with Gasteiger partial charge in [-0.15, -0.1) is 0 Å². The van der Waals surface area contributed by atoms with Gasteiger partial charge >= 0.3 is 12.1 Å². The number of aliphatic carboxylic acids is 1. The van der Waals surface area contributed by atoms with E-state index in [-0.39, 0.29) is 22.2 Å². The van der Waals surface area contributed by atoms with E-state index in [1.165, 1.54) is 19.1 Å². The van der Waals surface area contributed by atoms with Crippen molar-refractivity contribution in [2.45, 2.75) is 80.2 Å². The van der Waals surface area contributed by atoms with E-state index in [1.807, 2.05) is 0 Å². The van der Waals surface area contributed by atoms with Crippen molar-refractivity contribution in [2.75, 3.05) is 12.4 Å². The molecule has 0 radical (unpaired) electrons. The molecule has 1 aromatic heterocycles. The van der Waals surface area contributed by atoms with Crippen LogP contribution in [0.5, 0.6) is 0 Å². The first-order valence-electron chi connectivity index (χ1n) is 12.5. The Labute approximate surface area is 228 Å². The van der Waals surface area contributed by atoms with Crippen molar-refractivity contribution in [3.63, 3.8) is 0 Å². The van der Waals surface area contributed by atoms with Crippen molar-refractivity contribution in [1.82, 2.24) is 19.6 Å². The van der Waals surface area contributed by atoms with E-state index in [0.717, 1.165) is 25.7 Å². The number of hydrogen-bond donors (Lipinski definition) is 3. The Kier molecular flexibility index (Phi) is 8.06. The molecule has 218 valence electrons. The number of aromatic nitrogens is 2. The molecular formula is C24H29F3N6O6S. The molecule has 1 aromatic carbocycles.